The van der Waals surface area contributed by atoms with Crippen LogP contribution in [0.15, 0.2) is 34.9 Å². The molecule has 1 N–H and O–H groups in total. The van der Waals surface area contributed by atoms with Crippen molar-refractivity contribution in [2.45, 2.75) is 6.54 Å². The van der Waals surface area contributed by atoms with Gasteiger partial charge in [0.2, 0.25) is 0 Å². The molecule has 0 saturated heterocycles. The lowest BCUT2D eigenvalue weighted by Gasteiger charge is -2.00. The lowest BCUT2D eigenvalue weighted by atomic mass is 10.1. The van der Waals surface area contributed by atoms with Crippen LogP contribution in [0.1, 0.15) is 15.9 Å². The predicted molar refractivity (Wildman–Crippen MR) is 69.1 cm³/mol. The van der Waals surface area contributed by atoms with E-state index in [1.165, 1.54) is 23.0 Å². The molecule has 0 aliphatic rings. The number of nitro groups is 1. The summed E-state index contributed by atoms with van der Waals surface area (Å²) < 4.78 is 1.66. The number of hydrogen-bond donors (Lipinski definition) is 1. The zero-order valence-electron chi connectivity index (χ0n) is 9.49. The maximum Gasteiger partial charge on any atom is 0.404 e. The van der Waals surface area contributed by atoms with Gasteiger partial charge in [-0.15, -0.1) is 0 Å². The summed E-state index contributed by atoms with van der Waals surface area (Å²) in [6.07, 6.45) is 1.48. The van der Waals surface area contributed by atoms with Gasteiger partial charge < -0.3 is 15.2 Å². The second kappa shape index (κ2) is 5.19. The van der Waals surface area contributed by atoms with Crippen molar-refractivity contribution in [1.29, 1.82) is 0 Å². The van der Waals surface area contributed by atoms with Crippen molar-refractivity contribution in [1.82, 2.24) is 9.78 Å². The van der Waals surface area contributed by atoms with Crippen LogP contribution in [0.25, 0.3) is 0 Å². The Morgan fingerprint density at radius 3 is 2.84 bits per heavy atom. The van der Waals surface area contributed by atoms with Crippen LogP contribution in [-0.2, 0) is 6.54 Å². The van der Waals surface area contributed by atoms with E-state index < -0.39 is 10.9 Å². The summed E-state index contributed by atoms with van der Waals surface area (Å²) in [7, 11) is 0. The molecule has 2 rings (SSSR count). The summed E-state index contributed by atoms with van der Waals surface area (Å²) in [5.74, 6) is -1.29. The Bertz CT molecular complexity index is 653. The fourth-order valence-electron chi connectivity index (χ4n) is 1.58. The quantitative estimate of drug-likeness (QED) is 0.687. The van der Waals surface area contributed by atoms with Crippen molar-refractivity contribution >= 4 is 27.7 Å². The van der Waals surface area contributed by atoms with Crippen LogP contribution in [0.2, 0.25) is 0 Å². The number of carboxylic acids is 1. The number of halogens is 1. The minimum absolute atomic E-state index is 0.165. The Labute approximate surface area is 115 Å². The zero-order valence-corrected chi connectivity index (χ0v) is 11.1. The van der Waals surface area contributed by atoms with Crippen LogP contribution >= 0.6 is 15.9 Å². The molecule has 0 bridgehead atoms. The Hall–Kier alpha value is -2.22. The summed E-state index contributed by atoms with van der Waals surface area (Å²) in [5.41, 5.74) is 0.864. The first-order valence-electron chi connectivity index (χ1n) is 5.17. The Morgan fingerprint density at radius 2 is 2.26 bits per heavy atom. The third-order valence-electron chi connectivity index (χ3n) is 2.39. The largest absolute Gasteiger partial charge is 0.478 e. The zero-order chi connectivity index (χ0) is 14.0. The average molecular weight is 326 g/mol. The highest BCUT2D eigenvalue weighted by Gasteiger charge is 2.18. The second-order valence-electron chi connectivity index (χ2n) is 3.76. The maximum absolute atomic E-state index is 10.8. The highest BCUT2D eigenvalue weighted by atomic mass is 79.9. The SMILES string of the molecule is O=C(O)c1cccc(Cn2cc(Br)c([N+](=O)[O-])n2)c1. The standard InChI is InChI=1S/C11H8BrN3O4/c12-9-6-14(13-10(9)15(18)19)5-7-2-1-3-8(4-7)11(16)17/h1-4,6H,5H2,(H,16,17). The second-order valence-corrected chi connectivity index (χ2v) is 4.62. The number of carboxylic acid groups (broad SMARTS) is 1. The van der Waals surface area contributed by atoms with Crippen LogP contribution in [0, 0.1) is 10.1 Å². The van der Waals surface area contributed by atoms with E-state index in [0.717, 1.165) is 0 Å². The molecule has 1 aromatic heterocycles. The molecule has 1 aromatic carbocycles. The number of nitrogens with zero attached hydrogens (tertiary/aromatic N) is 3. The van der Waals surface area contributed by atoms with Crippen LogP contribution < -0.4 is 0 Å². The fourth-order valence-corrected chi connectivity index (χ4v) is 2.04. The van der Waals surface area contributed by atoms with Crippen molar-refractivity contribution in [3.05, 3.63) is 56.2 Å². The molecule has 0 aliphatic heterocycles. The van der Waals surface area contributed by atoms with E-state index in [2.05, 4.69) is 21.0 Å². The highest BCUT2D eigenvalue weighted by molar-refractivity contribution is 9.10. The van der Waals surface area contributed by atoms with Gasteiger partial charge in [-0.3, -0.25) is 0 Å². The minimum Gasteiger partial charge on any atom is -0.478 e. The topological polar surface area (TPSA) is 98.3 Å². The number of carbonyl (C=O) groups is 1. The molecule has 0 aliphatic carbocycles. The number of rotatable bonds is 4. The van der Waals surface area contributed by atoms with Gasteiger partial charge in [0, 0.05) is 0 Å². The highest BCUT2D eigenvalue weighted by Crippen LogP contribution is 2.22. The van der Waals surface area contributed by atoms with Gasteiger partial charge in [0.25, 0.3) is 0 Å². The smallest absolute Gasteiger partial charge is 0.404 e. The molecule has 7 nitrogen and oxygen atoms in total. The fraction of sp³-hybridized carbons (Fsp3) is 0.0909. The maximum atomic E-state index is 10.8. The van der Waals surface area contributed by atoms with Crippen LogP contribution in [-0.4, -0.2) is 25.8 Å². The van der Waals surface area contributed by atoms with Gasteiger partial charge in [-0.05, 0) is 38.5 Å². The Balaban J connectivity index is 2.26. The van der Waals surface area contributed by atoms with Gasteiger partial charge in [0.1, 0.15) is 4.47 Å². The number of aromatic nitrogens is 2. The van der Waals surface area contributed by atoms with Crippen LogP contribution in [0.5, 0.6) is 0 Å². The first-order chi connectivity index (χ1) is 8.97. The normalized spacial score (nSPS) is 10.4. The molecule has 8 heteroatoms. The lowest BCUT2D eigenvalue weighted by Crippen LogP contribution is -2.03. The van der Waals surface area contributed by atoms with E-state index in [0.29, 0.717) is 5.56 Å². The monoisotopic (exact) mass is 325 g/mol. The molecular weight excluding hydrogens is 318 g/mol. The molecule has 2 aromatic rings. The van der Waals surface area contributed by atoms with E-state index in [1.807, 2.05) is 0 Å². The Morgan fingerprint density at radius 1 is 1.53 bits per heavy atom. The molecular formula is C11H8BrN3O4. The summed E-state index contributed by atoms with van der Waals surface area (Å²) >= 11 is 3.05. The van der Waals surface area contributed by atoms with E-state index in [4.69, 9.17) is 5.11 Å². The molecule has 0 unspecified atom stereocenters. The first kappa shape index (κ1) is 13.2. The van der Waals surface area contributed by atoms with Crippen molar-refractivity contribution in [3.63, 3.8) is 0 Å². The first-order valence-corrected chi connectivity index (χ1v) is 5.96. The van der Waals surface area contributed by atoms with Gasteiger partial charge in [0.05, 0.1) is 23.4 Å². The summed E-state index contributed by atoms with van der Waals surface area (Å²) in [6.45, 7) is 0.257. The molecule has 0 fully saturated rings. The summed E-state index contributed by atoms with van der Waals surface area (Å²) in [4.78, 5) is 20.9. The average Bonchev–Trinajstić information content (AvgIpc) is 2.70. The van der Waals surface area contributed by atoms with Crippen molar-refractivity contribution in [2.75, 3.05) is 0 Å². The Kier molecular flexibility index (Phi) is 3.61. The van der Waals surface area contributed by atoms with Crippen molar-refractivity contribution in [3.8, 4) is 0 Å². The van der Waals surface area contributed by atoms with E-state index >= 15 is 0 Å². The molecule has 98 valence electrons. The molecule has 0 atom stereocenters. The molecule has 0 saturated carbocycles. The van der Waals surface area contributed by atoms with Gasteiger partial charge in [0.15, 0.2) is 0 Å². The number of benzene rings is 1. The van der Waals surface area contributed by atoms with Crippen molar-refractivity contribution < 1.29 is 14.8 Å². The molecule has 0 radical (unpaired) electrons. The van der Waals surface area contributed by atoms with Gasteiger partial charge in [-0.1, -0.05) is 12.1 Å². The molecule has 0 spiro atoms. The van der Waals surface area contributed by atoms with E-state index in [9.17, 15) is 14.9 Å². The lowest BCUT2D eigenvalue weighted by molar-refractivity contribution is -0.390. The van der Waals surface area contributed by atoms with Gasteiger partial charge in [-0.25, -0.2) is 4.79 Å². The van der Waals surface area contributed by atoms with Crippen LogP contribution in [0.4, 0.5) is 5.82 Å². The number of aromatic carboxylic acids is 1. The molecule has 19 heavy (non-hydrogen) atoms. The third kappa shape index (κ3) is 2.97. The van der Waals surface area contributed by atoms with Crippen molar-refractivity contribution in [2.24, 2.45) is 0 Å². The predicted octanol–water partition coefficient (Wildman–Crippen LogP) is 2.30. The van der Waals surface area contributed by atoms with E-state index in [1.54, 1.807) is 12.1 Å². The van der Waals surface area contributed by atoms with Crippen LogP contribution in [0.3, 0.4) is 0 Å². The minimum atomic E-state index is -1.02. The third-order valence-corrected chi connectivity index (χ3v) is 2.95. The summed E-state index contributed by atoms with van der Waals surface area (Å²) in [5, 5.41) is 23.3. The van der Waals surface area contributed by atoms with Gasteiger partial charge in [-0.2, -0.15) is 4.68 Å². The summed E-state index contributed by atoms with van der Waals surface area (Å²) in [6, 6.07) is 6.33. The number of hydrogen-bond acceptors (Lipinski definition) is 4. The molecule has 1 heterocycles. The van der Waals surface area contributed by atoms with E-state index in [-0.39, 0.29) is 22.4 Å². The van der Waals surface area contributed by atoms with Gasteiger partial charge >= 0.3 is 11.8 Å². The molecule has 0 amide bonds.